The zero-order valence-electron chi connectivity index (χ0n) is 11.7. The molecule has 0 aromatic rings. The Bertz CT molecular complexity index is 257. The molecule has 1 unspecified atom stereocenters. The van der Waals surface area contributed by atoms with E-state index in [9.17, 15) is 4.79 Å². The van der Waals surface area contributed by atoms with E-state index in [0.717, 1.165) is 31.5 Å². The van der Waals surface area contributed by atoms with Crippen molar-refractivity contribution in [3.05, 3.63) is 0 Å². The van der Waals surface area contributed by atoms with E-state index < -0.39 is 0 Å². The Morgan fingerprint density at radius 2 is 1.94 bits per heavy atom. The van der Waals surface area contributed by atoms with Gasteiger partial charge in [0.15, 0.2) is 0 Å². The Hall–Kier alpha value is -0.280. The van der Waals surface area contributed by atoms with E-state index in [-0.39, 0.29) is 12.4 Å². The van der Waals surface area contributed by atoms with Crippen molar-refractivity contribution in [2.45, 2.75) is 52.0 Å². The number of amides is 1. The van der Waals surface area contributed by atoms with Crippen LogP contribution in [0.15, 0.2) is 0 Å². The van der Waals surface area contributed by atoms with E-state index in [1.807, 2.05) is 0 Å². The third-order valence-corrected chi connectivity index (χ3v) is 4.42. The second-order valence-electron chi connectivity index (χ2n) is 5.96. The third-order valence-electron chi connectivity index (χ3n) is 4.42. The standard InChI is InChI=1S/C14H26N2O.ClH/c1-11(2)12-5-8-16(9-6-12)14(17)10-13-4-3-7-15-13;/h11-13,15H,3-10H2,1-2H3;1H. The quantitative estimate of drug-likeness (QED) is 0.857. The van der Waals surface area contributed by atoms with Crippen LogP contribution in [-0.4, -0.2) is 36.5 Å². The molecule has 1 amide bonds. The Kier molecular flexibility index (Phi) is 6.44. The molecule has 0 spiro atoms. The number of nitrogens with one attached hydrogen (secondary N) is 1. The molecular weight excluding hydrogens is 248 g/mol. The molecule has 2 saturated heterocycles. The van der Waals surface area contributed by atoms with Crippen molar-refractivity contribution in [2.75, 3.05) is 19.6 Å². The lowest BCUT2D eigenvalue weighted by molar-refractivity contribution is -0.133. The van der Waals surface area contributed by atoms with Gasteiger partial charge >= 0.3 is 0 Å². The van der Waals surface area contributed by atoms with Gasteiger partial charge in [0.2, 0.25) is 5.91 Å². The highest BCUT2D eigenvalue weighted by molar-refractivity contribution is 5.85. The fourth-order valence-corrected chi connectivity index (χ4v) is 3.09. The van der Waals surface area contributed by atoms with Crippen molar-refractivity contribution in [3.63, 3.8) is 0 Å². The molecule has 2 heterocycles. The summed E-state index contributed by atoms with van der Waals surface area (Å²) >= 11 is 0. The highest BCUT2D eigenvalue weighted by atomic mass is 35.5. The Balaban J connectivity index is 0.00000162. The van der Waals surface area contributed by atoms with E-state index in [2.05, 4.69) is 24.1 Å². The van der Waals surface area contributed by atoms with E-state index in [1.165, 1.54) is 25.7 Å². The maximum atomic E-state index is 12.1. The SMILES string of the molecule is CC(C)C1CCN(C(=O)CC2CCCN2)CC1.Cl. The summed E-state index contributed by atoms with van der Waals surface area (Å²) in [5.74, 6) is 1.96. The molecule has 3 nitrogen and oxygen atoms in total. The second-order valence-corrected chi connectivity index (χ2v) is 5.96. The van der Waals surface area contributed by atoms with E-state index in [1.54, 1.807) is 0 Å². The van der Waals surface area contributed by atoms with Crippen LogP contribution in [0.25, 0.3) is 0 Å². The van der Waals surface area contributed by atoms with Gasteiger partial charge in [-0.15, -0.1) is 12.4 Å². The van der Waals surface area contributed by atoms with Gasteiger partial charge in [0.25, 0.3) is 0 Å². The van der Waals surface area contributed by atoms with Gasteiger partial charge in [-0.05, 0) is 44.1 Å². The molecule has 0 aliphatic carbocycles. The molecule has 2 aliphatic heterocycles. The highest BCUT2D eigenvalue weighted by Crippen LogP contribution is 2.25. The Labute approximate surface area is 117 Å². The van der Waals surface area contributed by atoms with Gasteiger partial charge in [-0.3, -0.25) is 4.79 Å². The van der Waals surface area contributed by atoms with Gasteiger partial charge in [-0.2, -0.15) is 0 Å². The zero-order valence-corrected chi connectivity index (χ0v) is 12.5. The molecule has 2 aliphatic rings. The topological polar surface area (TPSA) is 32.3 Å². The zero-order chi connectivity index (χ0) is 12.3. The van der Waals surface area contributed by atoms with Gasteiger partial charge in [0.05, 0.1) is 0 Å². The highest BCUT2D eigenvalue weighted by Gasteiger charge is 2.26. The molecule has 0 aromatic carbocycles. The number of likely N-dealkylation sites (tertiary alicyclic amines) is 1. The lowest BCUT2D eigenvalue weighted by Crippen LogP contribution is -2.41. The van der Waals surface area contributed by atoms with Gasteiger partial charge in [0.1, 0.15) is 0 Å². The number of hydrogen-bond donors (Lipinski definition) is 1. The first-order valence-corrected chi connectivity index (χ1v) is 7.18. The molecule has 2 rings (SSSR count). The summed E-state index contributed by atoms with van der Waals surface area (Å²) in [6.07, 6.45) is 5.51. The molecule has 4 heteroatoms. The van der Waals surface area contributed by atoms with Crippen LogP contribution in [0.4, 0.5) is 0 Å². The maximum absolute atomic E-state index is 12.1. The lowest BCUT2D eigenvalue weighted by Gasteiger charge is -2.34. The first kappa shape index (κ1) is 15.8. The molecule has 0 aromatic heterocycles. The van der Waals surface area contributed by atoms with Gasteiger partial charge in [0, 0.05) is 25.6 Å². The van der Waals surface area contributed by atoms with Crippen molar-refractivity contribution in [1.82, 2.24) is 10.2 Å². The summed E-state index contributed by atoms with van der Waals surface area (Å²) in [5, 5.41) is 3.41. The van der Waals surface area contributed by atoms with Crippen molar-refractivity contribution < 1.29 is 4.79 Å². The summed E-state index contributed by atoms with van der Waals surface area (Å²) in [7, 11) is 0. The molecule has 2 fully saturated rings. The second kappa shape index (κ2) is 7.34. The number of rotatable bonds is 3. The minimum Gasteiger partial charge on any atom is -0.343 e. The molecular formula is C14H27ClN2O. The van der Waals surface area contributed by atoms with Crippen LogP contribution < -0.4 is 5.32 Å². The summed E-state index contributed by atoms with van der Waals surface area (Å²) < 4.78 is 0. The maximum Gasteiger partial charge on any atom is 0.224 e. The van der Waals surface area contributed by atoms with Gasteiger partial charge in [-0.25, -0.2) is 0 Å². The lowest BCUT2D eigenvalue weighted by atomic mass is 9.86. The first-order chi connectivity index (χ1) is 8.16. The predicted molar refractivity (Wildman–Crippen MR) is 77.0 cm³/mol. The number of nitrogens with zero attached hydrogens (tertiary/aromatic N) is 1. The van der Waals surface area contributed by atoms with Crippen LogP contribution in [0.3, 0.4) is 0 Å². The van der Waals surface area contributed by atoms with Crippen LogP contribution in [0.1, 0.15) is 46.0 Å². The average Bonchev–Trinajstić information content (AvgIpc) is 2.82. The molecule has 106 valence electrons. The van der Waals surface area contributed by atoms with Crippen molar-refractivity contribution in [1.29, 1.82) is 0 Å². The summed E-state index contributed by atoms with van der Waals surface area (Å²) in [5.41, 5.74) is 0. The van der Waals surface area contributed by atoms with Crippen LogP contribution in [-0.2, 0) is 4.79 Å². The van der Waals surface area contributed by atoms with Crippen molar-refractivity contribution >= 4 is 18.3 Å². The number of carbonyl (C=O) groups excluding carboxylic acids is 1. The first-order valence-electron chi connectivity index (χ1n) is 7.18. The van der Waals surface area contributed by atoms with Gasteiger partial charge < -0.3 is 10.2 Å². The van der Waals surface area contributed by atoms with Crippen molar-refractivity contribution in [2.24, 2.45) is 11.8 Å². The van der Waals surface area contributed by atoms with E-state index in [0.29, 0.717) is 18.4 Å². The molecule has 1 N–H and O–H groups in total. The fourth-order valence-electron chi connectivity index (χ4n) is 3.09. The van der Waals surface area contributed by atoms with Crippen molar-refractivity contribution in [3.8, 4) is 0 Å². The summed E-state index contributed by atoms with van der Waals surface area (Å²) in [6.45, 7) is 7.64. The number of piperidine rings is 1. The average molecular weight is 275 g/mol. The molecule has 18 heavy (non-hydrogen) atoms. The smallest absolute Gasteiger partial charge is 0.224 e. The summed E-state index contributed by atoms with van der Waals surface area (Å²) in [6, 6.07) is 0.449. The van der Waals surface area contributed by atoms with Crippen LogP contribution in [0.5, 0.6) is 0 Å². The van der Waals surface area contributed by atoms with Crippen LogP contribution in [0, 0.1) is 11.8 Å². The number of halogens is 1. The number of carbonyl (C=O) groups is 1. The monoisotopic (exact) mass is 274 g/mol. The Morgan fingerprint density at radius 1 is 1.28 bits per heavy atom. The normalized spacial score (nSPS) is 25.3. The minimum absolute atomic E-state index is 0. The molecule has 0 saturated carbocycles. The predicted octanol–water partition coefficient (Wildman–Crippen LogP) is 2.44. The summed E-state index contributed by atoms with van der Waals surface area (Å²) in [4.78, 5) is 14.2. The van der Waals surface area contributed by atoms with Crippen LogP contribution in [0.2, 0.25) is 0 Å². The van der Waals surface area contributed by atoms with Gasteiger partial charge in [-0.1, -0.05) is 13.8 Å². The van der Waals surface area contributed by atoms with Crippen LogP contribution >= 0.6 is 12.4 Å². The fraction of sp³-hybridized carbons (Fsp3) is 0.929. The Morgan fingerprint density at radius 3 is 2.44 bits per heavy atom. The van der Waals surface area contributed by atoms with E-state index in [4.69, 9.17) is 0 Å². The minimum atomic E-state index is 0. The molecule has 1 atom stereocenters. The molecule has 0 bridgehead atoms. The van der Waals surface area contributed by atoms with E-state index >= 15 is 0 Å². The molecule has 0 radical (unpaired) electrons. The third kappa shape index (κ3) is 4.13. The number of hydrogen-bond acceptors (Lipinski definition) is 2. The largest absolute Gasteiger partial charge is 0.343 e.